The van der Waals surface area contributed by atoms with E-state index in [1.807, 2.05) is 0 Å². The third kappa shape index (κ3) is 7.31. The Bertz CT molecular complexity index is 875. The van der Waals surface area contributed by atoms with Crippen LogP contribution in [0.5, 0.6) is 0 Å². The Labute approximate surface area is 169 Å². The molecule has 2 aromatic rings. The highest BCUT2D eigenvalue weighted by atomic mass is 31.2. The first kappa shape index (κ1) is 23.7. The minimum absolute atomic E-state index is 0.524. The fraction of sp³-hybridized carbons (Fsp3) is 0.0526. The van der Waals surface area contributed by atoms with E-state index in [2.05, 4.69) is 17.0 Å². The lowest BCUT2D eigenvalue weighted by atomic mass is 10.0. The molecule has 0 unspecified atom stereocenters. The molecule has 0 N–H and O–H groups in total. The highest BCUT2D eigenvalue weighted by Crippen LogP contribution is 2.71. The van der Waals surface area contributed by atoms with Gasteiger partial charge >= 0.3 is 25.6 Å². The molecule has 29 heavy (non-hydrogen) atoms. The van der Waals surface area contributed by atoms with Gasteiger partial charge in [0.25, 0.3) is 7.26 Å². The molecular formula is C19H11F6P4+. The minimum Gasteiger partial charge on any atom is -0.173 e. The molecule has 0 aliphatic rings. The van der Waals surface area contributed by atoms with E-state index in [9.17, 15) is 25.2 Å². The van der Waals surface area contributed by atoms with Crippen LogP contribution >= 0.6 is 32.9 Å². The third-order valence-electron chi connectivity index (χ3n) is 3.55. The van der Waals surface area contributed by atoms with Crippen LogP contribution in [0.15, 0.2) is 60.7 Å². The topological polar surface area (TPSA) is 0 Å². The molecule has 0 saturated heterocycles. The largest absolute Gasteiger partial charge is 0.348 e. The minimum atomic E-state index is -3.71. The predicted octanol–water partition coefficient (Wildman–Crippen LogP) is 9.30. The van der Waals surface area contributed by atoms with E-state index in [4.69, 9.17) is 0 Å². The first-order valence-electron chi connectivity index (χ1n) is 7.76. The molecule has 0 heterocycles. The molecule has 0 saturated carbocycles. The summed E-state index contributed by atoms with van der Waals surface area (Å²) >= 11 is 0. The highest BCUT2D eigenvalue weighted by Gasteiger charge is 2.47. The number of hydrogen-bond donors (Lipinski definition) is 0. The Morgan fingerprint density at radius 1 is 0.552 bits per heavy atom. The van der Waals surface area contributed by atoms with Crippen LogP contribution in [0.2, 0.25) is 0 Å². The smallest absolute Gasteiger partial charge is 0.173 e. The van der Waals surface area contributed by atoms with E-state index >= 15 is 0 Å². The highest BCUT2D eigenvalue weighted by molar-refractivity contribution is 7.90. The SMILES string of the molecule is FP(F)C#C[P+](C#CP(F)F)(C#CP(F)F)C(c1ccccc1)c1ccccc1. The van der Waals surface area contributed by atoms with Gasteiger partial charge in [-0.15, -0.1) is 0 Å². The Morgan fingerprint density at radius 2 is 0.862 bits per heavy atom. The number of hydrogen-bond acceptors (Lipinski definition) is 0. The second kappa shape index (κ2) is 11.6. The summed E-state index contributed by atoms with van der Waals surface area (Å²) in [6, 6.07) is 16.7. The molecule has 0 aliphatic heterocycles. The van der Waals surface area contributed by atoms with Crippen molar-refractivity contribution in [1.82, 2.24) is 0 Å². The summed E-state index contributed by atoms with van der Waals surface area (Å²) in [6.45, 7) is 0. The molecule has 2 rings (SSSR count). The first-order chi connectivity index (χ1) is 13.8. The molecule has 0 bridgehead atoms. The zero-order valence-corrected chi connectivity index (χ0v) is 18.0. The van der Waals surface area contributed by atoms with Crippen molar-refractivity contribution in [1.29, 1.82) is 0 Å². The van der Waals surface area contributed by atoms with Gasteiger partial charge in [-0.05, 0) is 11.1 Å². The Hall–Kier alpha value is -1.58. The van der Waals surface area contributed by atoms with E-state index in [0.29, 0.717) is 11.1 Å². The Morgan fingerprint density at radius 3 is 1.14 bits per heavy atom. The molecule has 0 fully saturated rings. The molecule has 0 nitrogen and oxygen atoms in total. The van der Waals surface area contributed by atoms with E-state index in [1.54, 1.807) is 77.6 Å². The van der Waals surface area contributed by atoms with Crippen LogP contribution in [0.1, 0.15) is 16.8 Å². The average molecular weight is 477 g/mol. The van der Waals surface area contributed by atoms with Crippen LogP contribution in [0.25, 0.3) is 0 Å². The van der Waals surface area contributed by atoms with Crippen LogP contribution in [0.3, 0.4) is 0 Å². The van der Waals surface area contributed by atoms with E-state index in [-0.39, 0.29) is 0 Å². The van der Waals surface area contributed by atoms with Crippen LogP contribution in [0.4, 0.5) is 25.2 Å². The van der Waals surface area contributed by atoms with Crippen LogP contribution < -0.4 is 0 Å². The van der Waals surface area contributed by atoms with Crippen molar-refractivity contribution >= 4 is 32.9 Å². The maximum atomic E-state index is 13.0. The molecule has 10 heteroatoms. The summed E-state index contributed by atoms with van der Waals surface area (Å²) in [6.07, 6.45) is 0. The summed E-state index contributed by atoms with van der Waals surface area (Å²) < 4.78 is 77.7. The Balaban J connectivity index is 2.88. The summed E-state index contributed by atoms with van der Waals surface area (Å²) in [5.41, 5.74) is 12.1. The van der Waals surface area contributed by atoms with Gasteiger partial charge < -0.3 is 0 Å². The van der Waals surface area contributed by atoms with Gasteiger partial charge in [0.1, 0.15) is 17.0 Å². The van der Waals surface area contributed by atoms with Gasteiger partial charge in [-0.3, -0.25) is 0 Å². The second-order valence-electron chi connectivity index (χ2n) is 5.32. The molecule has 148 valence electrons. The fourth-order valence-electron chi connectivity index (χ4n) is 2.54. The number of rotatable bonds is 3. The van der Waals surface area contributed by atoms with Crippen molar-refractivity contribution in [2.75, 3.05) is 0 Å². The fourth-order valence-corrected chi connectivity index (χ4v) is 7.13. The van der Waals surface area contributed by atoms with Gasteiger partial charge in [-0.2, -0.15) is 25.2 Å². The van der Waals surface area contributed by atoms with E-state index in [0.717, 1.165) is 0 Å². The monoisotopic (exact) mass is 477 g/mol. The maximum absolute atomic E-state index is 13.0. The molecule has 0 aliphatic carbocycles. The van der Waals surface area contributed by atoms with E-state index < -0.39 is 38.6 Å². The van der Waals surface area contributed by atoms with Crippen molar-refractivity contribution < 1.29 is 25.2 Å². The maximum Gasteiger partial charge on any atom is 0.348 e. The second-order valence-corrected chi connectivity index (χ2v) is 10.0. The summed E-state index contributed by atoms with van der Waals surface area (Å²) in [7, 11) is -14.8. The molecule has 0 spiro atoms. The lowest BCUT2D eigenvalue weighted by Gasteiger charge is -2.20. The molecule has 0 atom stereocenters. The van der Waals surface area contributed by atoms with Crippen LogP contribution in [-0.2, 0) is 0 Å². The lowest BCUT2D eigenvalue weighted by molar-refractivity contribution is 0.764. The van der Waals surface area contributed by atoms with Gasteiger partial charge in [0.05, 0.1) is 0 Å². The third-order valence-corrected chi connectivity index (χ3v) is 7.69. The van der Waals surface area contributed by atoms with Gasteiger partial charge in [0.15, 0.2) is 5.66 Å². The van der Waals surface area contributed by atoms with Crippen molar-refractivity contribution in [3.8, 4) is 34.0 Å². The van der Waals surface area contributed by atoms with Crippen LogP contribution in [-0.4, -0.2) is 0 Å². The number of benzene rings is 2. The summed E-state index contributed by atoms with van der Waals surface area (Å²) in [5.74, 6) is 0. The predicted molar refractivity (Wildman–Crippen MR) is 112 cm³/mol. The number of halogens is 6. The lowest BCUT2D eigenvalue weighted by Crippen LogP contribution is -2.05. The first-order valence-corrected chi connectivity index (χ1v) is 13.0. The van der Waals surface area contributed by atoms with Crippen molar-refractivity contribution in [3.05, 3.63) is 71.8 Å². The van der Waals surface area contributed by atoms with E-state index in [1.165, 1.54) is 0 Å². The Kier molecular flexibility index (Phi) is 9.45. The van der Waals surface area contributed by atoms with Crippen molar-refractivity contribution in [2.45, 2.75) is 5.66 Å². The quantitative estimate of drug-likeness (QED) is 0.235. The van der Waals surface area contributed by atoms with Gasteiger partial charge in [0.2, 0.25) is 0 Å². The van der Waals surface area contributed by atoms with Crippen LogP contribution in [0, 0.1) is 34.0 Å². The molecule has 0 aromatic heterocycles. The van der Waals surface area contributed by atoms with Gasteiger partial charge in [-0.25, -0.2) is 0 Å². The molecule has 2 aromatic carbocycles. The zero-order valence-electron chi connectivity index (χ0n) is 14.4. The summed E-state index contributed by atoms with van der Waals surface area (Å²) in [4.78, 5) is 0. The average Bonchev–Trinajstić information content (AvgIpc) is 2.70. The van der Waals surface area contributed by atoms with Crippen molar-refractivity contribution in [3.63, 3.8) is 0 Å². The normalized spacial score (nSPS) is 10.8. The molecule has 0 radical (unpaired) electrons. The molecule has 0 amide bonds. The zero-order chi connectivity index (χ0) is 21.3. The van der Waals surface area contributed by atoms with Gasteiger partial charge in [0, 0.05) is 17.0 Å². The summed E-state index contributed by atoms with van der Waals surface area (Å²) in [5, 5.41) is 0. The van der Waals surface area contributed by atoms with Crippen molar-refractivity contribution in [2.24, 2.45) is 0 Å². The van der Waals surface area contributed by atoms with Gasteiger partial charge in [-0.1, -0.05) is 60.7 Å². The molecular weight excluding hydrogens is 466 g/mol. The standard InChI is InChI=1S/C19H11F6P4/c20-26(21)11-14-29(15-12-27(22)23,16-13-28(24)25)19(17-7-3-1-4-8-17)18-9-5-2-6-10-18/h1-10,19H/q+1.